The molecule has 0 spiro atoms. The monoisotopic (exact) mass is 410 g/mol. The summed E-state index contributed by atoms with van der Waals surface area (Å²) >= 11 is 0. The molecule has 2 aromatic carbocycles. The summed E-state index contributed by atoms with van der Waals surface area (Å²) in [7, 11) is 0. The molecule has 0 unspecified atom stereocenters. The molecule has 1 aliphatic rings. The molecule has 1 atom stereocenters. The van der Waals surface area contributed by atoms with E-state index < -0.39 is 0 Å². The number of aryl methyl sites for hydroxylation is 1. The number of benzene rings is 2. The summed E-state index contributed by atoms with van der Waals surface area (Å²) in [5.41, 5.74) is 5.82. The van der Waals surface area contributed by atoms with Crippen LogP contribution in [0.25, 0.3) is 11.3 Å². The highest BCUT2D eigenvalue weighted by Gasteiger charge is 2.43. The maximum Gasteiger partial charge on any atom is 0.277 e. The Labute approximate surface area is 180 Å². The van der Waals surface area contributed by atoms with Crippen LogP contribution in [0.3, 0.4) is 0 Å². The van der Waals surface area contributed by atoms with Gasteiger partial charge in [0.2, 0.25) is 0 Å². The molecular weight excluding hydrogens is 388 g/mol. The zero-order chi connectivity index (χ0) is 21.4. The first kappa shape index (κ1) is 19.1. The maximum absolute atomic E-state index is 13.5. The van der Waals surface area contributed by atoms with Gasteiger partial charge >= 0.3 is 0 Å². The SMILES string of the molecule is CCOc1ccc(N2C(=O)c3[nH]nc(-c4ccc(C)cc4)c3[C@@H]2c2ccccn2)cc1. The summed E-state index contributed by atoms with van der Waals surface area (Å²) in [5.74, 6) is 0.647. The predicted molar refractivity (Wildman–Crippen MR) is 119 cm³/mol. The van der Waals surface area contributed by atoms with E-state index in [0.29, 0.717) is 12.3 Å². The van der Waals surface area contributed by atoms with E-state index in [-0.39, 0.29) is 11.9 Å². The van der Waals surface area contributed by atoms with Gasteiger partial charge in [-0.2, -0.15) is 5.10 Å². The van der Waals surface area contributed by atoms with Crippen molar-refractivity contribution in [1.29, 1.82) is 0 Å². The molecule has 154 valence electrons. The van der Waals surface area contributed by atoms with E-state index in [1.807, 2.05) is 80.6 Å². The number of ether oxygens (including phenoxy) is 1. The standard InChI is InChI=1S/C25H22N4O2/c1-3-31-19-13-11-18(12-14-19)29-24(20-6-4-5-15-26-20)21-22(27-28-23(21)25(29)30)17-9-7-16(2)8-10-17/h4-15,24H,3H2,1-2H3,(H,27,28)/t24-/m0/s1. The number of amides is 1. The Morgan fingerprint density at radius 3 is 2.48 bits per heavy atom. The van der Waals surface area contributed by atoms with Crippen molar-refractivity contribution in [3.8, 4) is 17.0 Å². The van der Waals surface area contributed by atoms with Gasteiger partial charge in [-0.05, 0) is 50.2 Å². The second-order valence-electron chi connectivity index (χ2n) is 7.49. The van der Waals surface area contributed by atoms with Crippen LogP contribution in [0.5, 0.6) is 5.75 Å². The molecule has 5 rings (SSSR count). The topological polar surface area (TPSA) is 71.1 Å². The molecule has 6 nitrogen and oxygen atoms in total. The highest BCUT2D eigenvalue weighted by molar-refractivity contribution is 6.11. The Bertz CT molecular complexity index is 1210. The number of nitrogens with zero attached hydrogens (tertiary/aromatic N) is 3. The first-order valence-electron chi connectivity index (χ1n) is 10.3. The zero-order valence-electron chi connectivity index (χ0n) is 17.4. The minimum atomic E-state index is -0.378. The molecule has 4 aromatic rings. The van der Waals surface area contributed by atoms with Gasteiger partial charge in [0, 0.05) is 23.0 Å². The summed E-state index contributed by atoms with van der Waals surface area (Å²) in [5, 5.41) is 7.50. The van der Waals surface area contributed by atoms with E-state index in [2.05, 4.69) is 15.2 Å². The normalized spacial score (nSPS) is 15.2. The van der Waals surface area contributed by atoms with Crippen LogP contribution in [0, 0.1) is 6.92 Å². The van der Waals surface area contributed by atoms with E-state index in [9.17, 15) is 4.79 Å². The number of carbonyl (C=O) groups is 1. The summed E-state index contributed by atoms with van der Waals surface area (Å²) in [6, 6.07) is 21.1. The van der Waals surface area contributed by atoms with Gasteiger partial charge < -0.3 is 4.74 Å². The number of hydrogen-bond acceptors (Lipinski definition) is 4. The molecule has 0 saturated carbocycles. The third kappa shape index (κ3) is 3.26. The van der Waals surface area contributed by atoms with E-state index in [0.717, 1.165) is 34.0 Å². The number of carbonyl (C=O) groups excluding carboxylic acids is 1. The molecule has 6 heteroatoms. The number of aromatic nitrogens is 3. The summed E-state index contributed by atoms with van der Waals surface area (Å²) in [6.07, 6.45) is 1.75. The Hall–Kier alpha value is -3.93. The number of rotatable bonds is 5. The highest BCUT2D eigenvalue weighted by atomic mass is 16.5. The van der Waals surface area contributed by atoms with Crippen molar-refractivity contribution < 1.29 is 9.53 Å². The van der Waals surface area contributed by atoms with Crippen molar-refractivity contribution in [1.82, 2.24) is 15.2 Å². The molecule has 1 amide bonds. The van der Waals surface area contributed by atoms with Gasteiger partial charge in [0.05, 0.1) is 18.0 Å². The van der Waals surface area contributed by atoms with Crippen LogP contribution in [0.2, 0.25) is 0 Å². The molecule has 0 aliphatic carbocycles. The zero-order valence-corrected chi connectivity index (χ0v) is 17.4. The molecule has 0 fully saturated rings. The Morgan fingerprint density at radius 2 is 1.81 bits per heavy atom. The molecule has 0 bridgehead atoms. The van der Waals surface area contributed by atoms with Crippen LogP contribution in [0.1, 0.15) is 40.3 Å². The van der Waals surface area contributed by atoms with Gasteiger partial charge in [-0.25, -0.2) is 0 Å². The lowest BCUT2D eigenvalue weighted by Gasteiger charge is -2.25. The van der Waals surface area contributed by atoms with Crippen LogP contribution in [-0.2, 0) is 0 Å². The first-order chi connectivity index (χ1) is 15.2. The van der Waals surface area contributed by atoms with Crippen molar-refractivity contribution in [2.24, 2.45) is 0 Å². The Morgan fingerprint density at radius 1 is 1.03 bits per heavy atom. The molecule has 31 heavy (non-hydrogen) atoms. The number of hydrogen-bond donors (Lipinski definition) is 1. The fourth-order valence-electron chi connectivity index (χ4n) is 4.03. The van der Waals surface area contributed by atoms with Gasteiger partial charge in [0.25, 0.3) is 5.91 Å². The number of aromatic amines is 1. The second kappa shape index (κ2) is 7.72. The third-order valence-electron chi connectivity index (χ3n) is 5.49. The van der Waals surface area contributed by atoms with Crippen molar-refractivity contribution in [3.05, 3.63) is 95.4 Å². The predicted octanol–water partition coefficient (Wildman–Crippen LogP) is 4.93. The first-order valence-corrected chi connectivity index (χ1v) is 10.3. The number of nitrogens with one attached hydrogen (secondary N) is 1. The minimum absolute atomic E-state index is 0.124. The number of pyridine rings is 1. The lowest BCUT2D eigenvalue weighted by Crippen LogP contribution is -2.29. The lowest BCUT2D eigenvalue weighted by atomic mass is 9.98. The summed E-state index contributed by atoms with van der Waals surface area (Å²) in [6.45, 7) is 4.59. The maximum atomic E-state index is 13.5. The lowest BCUT2D eigenvalue weighted by molar-refractivity contribution is 0.0988. The van der Waals surface area contributed by atoms with Crippen LogP contribution < -0.4 is 9.64 Å². The summed E-state index contributed by atoms with van der Waals surface area (Å²) in [4.78, 5) is 19.8. The van der Waals surface area contributed by atoms with Crippen LogP contribution in [-0.4, -0.2) is 27.7 Å². The third-order valence-corrected chi connectivity index (χ3v) is 5.49. The Kier molecular flexibility index (Phi) is 4.75. The smallest absolute Gasteiger partial charge is 0.277 e. The average Bonchev–Trinajstić information content (AvgIpc) is 3.35. The fourth-order valence-corrected chi connectivity index (χ4v) is 4.03. The largest absolute Gasteiger partial charge is 0.494 e. The van der Waals surface area contributed by atoms with Gasteiger partial charge in [-0.15, -0.1) is 0 Å². The molecule has 0 radical (unpaired) electrons. The van der Waals surface area contributed by atoms with E-state index in [1.165, 1.54) is 5.56 Å². The highest BCUT2D eigenvalue weighted by Crippen LogP contribution is 2.44. The number of fused-ring (bicyclic) bond motifs is 1. The fraction of sp³-hybridized carbons (Fsp3) is 0.160. The van der Waals surface area contributed by atoms with Crippen molar-refractivity contribution in [2.75, 3.05) is 11.5 Å². The van der Waals surface area contributed by atoms with Crippen LogP contribution in [0.15, 0.2) is 72.9 Å². The molecule has 1 aliphatic heterocycles. The number of anilines is 1. The minimum Gasteiger partial charge on any atom is -0.494 e. The van der Waals surface area contributed by atoms with Crippen molar-refractivity contribution in [3.63, 3.8) is 0 Å². The van der Waals surface area contributed by atoms with Gasteiger partial charge in [-0.1, -0.05) is 35.9 Å². The quantitative estimate of drug-likeness (QED) is 0.506. The van der Waals surface area contributed by atoms with Crippen LogP contribution in [0.4, 0.5) is 5.69 Å². The molecule has 2 aromatic heterocycles. The Balaban J connectivity index is 1.65. The van der Waals surface area contributed by atoms with Gasteiger partial charge in [0.15, 0.2) is 0 Å². The number of H-pyrrole nitrogens is 1. The molecule has 3 heterocycles. The molecule has 1 N–H and O–H groups in total. The van der Waals surface area contributed by atoms with Gasteiger partial charge in [0.1, 0.15) is 17.5 Å². The van der Waals surface area contributed by atoms with Gasteiger partial charge in [-0.3, -0.25) is 19.8 Å². The molecule has 0 saturated heterocycles. The average molecular weight is 410 g/mol. The second-order valence-corrected chi connectivity index (χ2v) is 7.49. The van der Waals surface area contributed by atoms with Crippen molar-refractivity contribution in [2.45, 2.75) is 19.9 Å². The summed E-state index contributed by atoms with van der Waals surface area (Å²) < 4.78 is 5.56. The van der Waals surface area contributed by atoms with E-state index >= 15 is 0 Å². The van der Waals surface area contributed by atoms with Crippen molar-refractivity contribution >= 4 is 11.6 Å². The van der Waals surface area contributed by atoms with Crippen LogP contribution >= 0.6 is 0 Å². The van der Waals surface area contributed by atoms with E-state index in [1.54, 1.807) is 11.1 Å². The molecular formula is C25H22N4O2. The van der Waals surface area contributed by atoms with E-state index in [4.69, 9.17) is 4.74 Å².